The van der Waals surface area contributed by atoms with Gasteiger partial charge in [-0.05, 0) is 38.3 Å². The first-order valence-electron chi connectivity index (χ1n) is 10.0. The average Bonchev–Trinajstić information content (AvgIpc) is 3.34. The second-order valence-corrected chi connectivity index (χ2v) is 9.61. The zero-order valence-electron chi connectivity index (χ0n) is 17.8. The summed E-state index contributed by atoms with van der Waals surface area (Å²) in [4.78, 5) is 19.2. The van der Waals surface area contributed by atoms with Crippen LogP contribution in [0.4, 0.5) is 0 Å². The van der Waals surface area contributed by atoms with Crippen molar-refractivity contribution in [3.05, 3.63) is 10.4 Å². The second kappa shape index (κ2) is 11.1. The molecule has 15 heteroatoms. The van der Waals surface area contributed by atoms with Crippen LogP contribution in [0.15, 0.2) is 0 Å². The number of hydrogen-bond donors (Lipinski definition) is 0. The molecular weight excluding hydrogens is 488 g/mol. The number of hydrogen-bond acceptors (Lipinski definition) is 11. The SMILES string of the molecule is CCOP(=O)(OCC)C(COC(C)=O)OCC1CCC(n2nnc3c(Cl)nc(Cl)nc32)O1. The summed E-state index contributed by atoms with van der Waals surface area (Å²) in [5.74, 6) is -1.63. The van der Waals surface area contributed by atoms with E-state index in [0.29, 0.717) is 24.0 Å². The summed E-state index contributed by atoms with van der Waals surface area (Å²) in [6.45, 7) is 4.70. The molecule has 2 aromatic heterocycles. The predicted molar refractivity (Wildman–Crippen MR) is 114 cm³/mol. The normalized spacial score (nSPS) is 20.0. The van der Waals surface area contributed by atoms with E-state index in [-0.39, 0.29) is 43.0 Å². The first-order chi connectivity index (χ1) is 15.3. The maximum absolute atomic E-state index is 13.1. The van der Waals surface area contributed by atoms with Crippen molar-refractivity contribution in [2.75, 3.05) is 26.4 Å². The van der Waals surface area contributed by atoms with Crippen molar-refractivity contribution in [1.29, 1.82) is 0 Å². The lowest BCUT2D eigenvalue weighted by molar-refractivity contribution is -0.144. The highest BCUT2D eigenvalue weighted by atomic mass is 35.5. The summed E-state index contributed by atoms with van der Waals surface area (Å²) in [6, 6.07) is 0. The summed E-state index contributed by atoms with van der Waals surface area (Å²) < 4.78 is 42.1. The van der Waals surface area contributed by atoms with Crippen molar-refractivity contribution in [2.45, 2.75) is 51.8 Å². The number of nitrogens with zero attached hydrogens (tertiary/aromatic N) is 5. The molecule has 12 nitrogen and oxygen atoms in total. The molecule has 178 valence electrons. The molecule has 1 aliphatic rings. The first kappa shape index (κ1) is 25.2. The molecule has 0 N–H and O–H groups in total. The molecule has 3 atom stereocenters. The molecule has 3 unspecified atom stereocenters. The minimum absolute atomic E-state index is 0.0279. The lowest BCUT2D eigenvalue weighted by Crippen LogP contribution is -2.28. The van der Waals surface area contributed by atoms with Crippen LogP contribution in [0.1, 0.15) is 39.8 Å². The summed E-state index contributed by atoms with van der Waals surface area (Å²) in [5, 5.41) is 8.11. The Morgan fingerprint density at radius 3 is 2.62 bits per heavy atom. The summed E-state index contributed by atoms with van der Waals surface area (Å²) in [6.07, 6.45) is 0.373. The van der Waals surface area contributed by atoms with E-state index >= 15 is 0 Å². The fraction of sp³-hybridized carbons (Fsp3) is 0.706. The van der Waals surface area contributed by atoms with Gasteiger partial charge >= 0.3 is 13.6 Å². The van der Waals surface area contributed by atoms with Gasteiger partial charge in [-0.3, -0.25) is 9.36 Å². The molecule has 3 rings (SSSR count). The van der Waals surface area contributed by atoms with Crippen LogP contribution in [0.5, 0.6) is 0 Å². The third-order valence-corrected chi connectivity index (χ3v) is 7.16. The van der Waals surface area contributed by atoms with E-state index in [4.69, 9.17) is 46.5 Å². The monoisotopic (exact) mass is 511 g/mol. The molecule has 2 aromatic rings. The van der Waals surface area contributed by atoms with Gasteiger partial charge < -0.3 is 23.3 Å². The van der Waals surface area contributed by atoms with E-state index in [1.165, 1.54) is 11.6 Å². The summed E-state index contributed by atoms with van der Waals surface area (Å²) in [5.41, 5.74) is 0.668. The lowest BCUT2D eigenvalue weighted by atomic mass is 10.2. The van der Waals surface area contributed by atoms with Gasteiger partial charge in [0.25, 0.3) is 0 Å². The molecular formula is C17H24Cl2N5O7P. The third-order valence-electron chi connectivity index (χ3n) is 4.49. The van der Waals surface area contributed by atoms with Gasteiger partial charge in [-0.2, -0.15) is 9.67 Å². The van der Waals surface area contributed by atoms with Gasteiger partial charge in [-0.25, -0.2) is 4.98 Å². The third kappa shape index (κ3) is 5.93. The Labute approximate surface area is 194 Å². The van der Waals surface area contributed by atoms with Crippen molar-refractivity contribution in [1.82, 2.24) is 25.0 Å². The van der Waals surface area contributed by atoms with Crippen molar-refractivity contribution < 1.29 is 32.6 Å². The highest BCUT2D eigenvalue weighted by Gasteiger charge is 2.39. The minimum atomic E-state index is -3.68. The van der Waals surface area contributed by atoms with E-state index in [1.807, 2.05) is 0 Å². The molecule has 1 saturated heterocycles. The smallest absolute Gasteiger partial charge is 0.362 e. The van der Waals surface area contributed by atoms with Gasteiger partial charge in [0.1, 0.15) is 6.61 Å². The predicted octanol–water partition coefficient (Wildman–Crippen LogP) is 3.38. The average molecular weight is 512 g/mol. The van der Waals surface area contributed by atoms with E-state index < -0.39 is 25.6 Å². The Morgan fingerprint density at radius 1 is 1.25 bits per heavy atom. The van der Waals surface area contributed by atoms with Gasteiger partial charge in [0.15, 0.2) is 28.4 Å². The number of esters is 1. The number of halogens is 2. The number of rotatable bonds is 11. The second-order valence-electron chi connectivity index (χ2n) is 6.75. The molecule has 0 aromatic carbocycles. The van der Waals surface area contributed by atoms with Crippen LogP contribution in [0.3, 0.4) is 0 Å². The number of carbonyl (C=O) groups is 1. The van der Waals surface area contributed by atoms with Crippen LogP contribution in [-0.4, -0.2) is 69.3 Å². The minimum Gasteiger partial charge on any atom is -0.462 e. The first-order valence-corrected chi connectivity index (χ1v) is 12.4. The maximum Gasteiger partial charge on any atom is 0.362 e. The Kier molecular flexibility index (Phi) is 8.79. The Hall–Kier alpha value is -1.40. The van der Waals surface area contributed by atoms with E-state index in [2.05, 4.69) is 20.3 Å². The van der Waals surface area contributed by atoms with Crippen molar-refractivity contribution >= 4 is 47.9 Å². The zero-order chi connectivity index (χ0) is 23.3. The summed E-state index contributed by atoms with van der Waals surface area (Å²) in [7, 11) is -3.68. The van der Waals surface area contributed by atoms with E-state index in [0.717, 1.165) is 0 Å². The topological polar surface area (TPSA) is 137 Å². The Balaban J connectivity index is 1.68. The van der Waals surface area contributed by atoms with Gasteiger partial charge in [0.2, 0.25) is 5.28 Å². The maximum atomic E-state index is 13.1. The van der Waals surface area contributed by atoms with Crippen LogP contribution in [0.25, 0.3) is 11.2 Å². The number of aromatic nitrogens is 5. The fourth-order valence-electron chi connectivity index (χ4n) is 3.16. The van der Waals surface area contributed by atoms with Gasteiger partial charge in [0.05, 0.1) is 25.9 Å². The standard InChI is InChI=1S/C17H24Cl2N5O7P/c1-4-29-32(26,30-5-2)13(9-27-10(3)25)28-8-11-6-7-12(31-11)24-16-14(22-23-24)15(18)20-17(19)21-16/h11-13H,4-9H2,1-3H3. The Bertz CT molecular complexity index is 984. The van der Waals surface area contributed by atoms with E-state index in [9.17, 15) is 9.36 Å². The molecule has 0 aliphatic carbocycles. The highest BCUT2D eigenvalue weighted by Crippen LogP contribution is 2.53. The highest BCUT2D eigenvalue weighted by molar-refractivity contribution is 7.54. The van der Waals surface area contributed by atoms with Crippen LogP contribution < -0.4 is 0 Å². The van der Waals surface area contributed by atoms with Gasteiger partial charge in [0, 0.05) is 6.92 Å². The molecule has 0 spiro atoms. The molecule has 1 fully saturated rings. The van der Waals surface area contributed by atoms with Gasteiger partial charge in [-0.15, -0.1) is 5.10 Å². The van der Waals surface area contributed by atoms with Crippen LogP contribution in [0, 0.1) is 0 Å². The molecule has 1 aliphatic heterocycles. The van der Waals surface area contributed by atoms with Crippen LogP contribution in [0.2, 0.25) is 10.4 Å². The summed E-state index contributed by atoms with van der Waals surface area (Å²) >= 11 is 11.9. The molecule has 0 saturated carbocycles. The van der Waals surface area contributed by atoms with Crippen molar-refractivity contribution in [3.63, 3.8) is 0 Å². The zero-order valence-corrected chi connectivity index (χ0v) is 20.2. The van der Waals surface area contributed by atoms with Crippen LogP contribution >= 0.6 is 30.8 Å². The van der Waals surface area contributed by atoms with Crippen molar-refractivity contribution in [2.24, 2.45) is 0 Å². The molecule has 0 amide bonds. The molecule has 32 heavy (non-hydrogen) atoms. The quantitative estimate of drug-likeness (QED) is 0.190. The van der Waals surface area contributed by atoms with Crippen molar-refractivity contribution in [3.8, 4) is 0 Å². The van der Waals surface area contributed by atoms with E-state index in [1.54, 1.807) is 13.8 Å². The van der Waals surface area contributed by atoms with Crippen LogP contribution in [-0.2, 0) is 32.6 Å². The Morgan fingerprint density at radius 2 is 1.97 bits per heavy atom. The number of ether oxygens (including phenoxy) is 3. The molecule has 3 heterocycles. The molecule has 0 radical (unpaired) electrons. The molecule has 0 bridgehead atoms. The largest absolute Gasteiger partial charge is 0.462 e. The number of carbonyl (C=O) groups excluding carboxylic acids is 1. The van der Waals surface area contributed by atoms with Gasteiger partial charge in [-0.1, -0.05) is 16.8 Å². The number of fused-ring (bicyclic) bond motifs is 1. The lowest BCUT2D eigenvalue weighted by Gasteiger charge is -2.27. The fourth-order valence-corrected chi connectivity index (χ4v) is 5.22.